The molecule has 0 radical (unpaired) electrons. The Kier molecular flexibility index (Phi) is 5.69. The molecule has 45 heavy (non-hydrogen) atoms. The molecule has 2 nitrogen and oxygen atoms in total. The Balaban J connectivity index is 1.25. The summed E-state index contributed by atoms with van der Waals surface area (Å²) in [4.78, 5) is 14.4. The largest absolute Gasteiger partial charge is 0.276 e. The van der Waals surface area contributed by atoms with Crippen LogP contribution in [-0.4, -0.2) is 4.57 Å². The Morgan fingerprint density at radius 1 is 0.356 bits per heavy atom. The van der Waals surface area contributed by atoms with Crippen molar-refractivity contribution in [1.29, 1.82) is 0 Å². The molecule has 2 heteroatoms. The van der Waals surface area contributed by atoms with Gasteiger partial charge in [-0.1, -0.05) is 127 Å². The normalized spacial score (nSPS) is 11.6. The van der Waals surface area contributed by atoms with Crippen molar-refractivity contribution in [3.8, 4) is 27.9 Å². The Morgan fingerprint density at radius 2 is 1.00 bits per heavy atom. The van der Waals surface area contributed by atoms with Crippen LogP contribution in [-0.2, 0) is 0 Å². The molecule has 0 fully saturated rings. The fourth-order valence-electron chi connectivity index (χ4n) is 6.97. The minimum Gasteiger partial charge on any atom is -0.276 e. The molecule has 9 aromatic rings. The van der Waals surface area contributed by atoms with Gasteiger partial charge in [-0.2, -0.15) is 0 Å². The summed E-state index contributed by atoms with van der Waals surface area (Å²) in [6.45, 7) is 0. The maximum absolute atomic E-state index is 14.4. The number of rotatable bonds is 3. The average Bonchev–Trinajstić information content (AvgIpc) is 3.11. The van der Waals surface area contributed by atoms with Crippen molar-refractivity contribution in [3.63, 3.8) is 0 Å². The highest BCUT2D eigenvalue weighted by Crippen LogP contribution is 2.36. The minimum atomic E-state index is -0.0184. The predicted molar refractivity (Wildman–Crippen MR) is 190 cm³/mol. The van der Waals surface area contributed by atoms with Gasteiger partial charge >= 0.3 is 0 Å². The van der Waals surface area contributed by atoms with Crippen LogP contribution < -0.4 is 5.56 Å². The second-order valence-electron chi connectivity index (χ2n) is 11.7. The lowest BCUT2D eigenvalue weighted by Crippen LogP contribution is -2.19. The fourth-order valence-corrected chi connectivity index (χ4v) is 6.97. The molecule has 0 unspecified atom stereocenters. The van der Waals surface area contributed by atoms with Gasteiger partial charge in [-0.25, -0.2) is 0 Å². The summed E-state index contributed by atoms with van der Waals surface area (Å²) in [5.41, 5.74) is 6.17. The molecule has 0 aliphatic rings. The first-order chi connectivity index (χ1) is 22.2. The van der Waals surface area contributed by atoms with Gasteiger partial charge in [-0.15, -0.1) is 0 Å². The van der Waals surface area contributed by atoms with E-state index in [4.69, 9.17) is 0 Å². The van der Waals surface area contributed by atoms with Crippen LogP contribution in [0, 0.1) is 0 Å². The number of aromatic nitrogens is 1. The number of pyridine rings is 1. The Hall–Kier alpha value is -5.99. The van der Waals surface area contributed by atoms with Gasteiger partial charge in [0.15, 0.2) is 0 Å². The summed E-state index contributed by atoms with van der Waals surface area (Å²) in [5, 5.41) is 10.1. The van der Waals surface area contributed by atoms with E-state index in [0.717, 1.165) is 44.2 Å². The van der Waals surface area contributed by atoms with Crippen LogP contribution in [0.5, 0.6) is 0 Å². The Bertz CT molecular complexity index is 2650. The van der Waals surface area contributed by atoms with Gasteiger partial charge in [0, 0.05) is 16.5 Å². The van der Waals surface area contributed by atoms with E-state index in [0.29, 0.717) is 5.39 Å². The smallest absolute Gasteiger partial charge is 0.263 e. The summed E-state index contributed by atoms with van der Waals surface area (Å²) in [7, 11) is 0. The van der Waals surface area contributed by atoms with Crippen molar-refractivity contribution >= 4 is 54.0 Å². The van der Waals surface area contributed by atoms with Crippen molar-refractivity contribution in [1.82, 2.24) is 4.57 Å². The molecule has 0 amide bonds. The zero-order valence-corrected chi connectivity index (χ0v) is 24.4. The van der Waals surface area contributed by atoms with Crippen LogP contribution in [0.4, 0.5) is 0 Å². The lowest BCUT2D eigenvalue weighted by molar-refractivity contribution is 1.06. The molecule has 210 valence electrons. The summed E-state index contributed by atoms with van der Waals surface area (Å²) in [6, 6.07) is 57.2. The van der Waals surface area contributed by atoms with Gasteiger partial charge in [-0.3, -0.25) is 9.36 Å². The summed E-state index contributed by atoms with van der Waals surface area (Å²) in [5.74, 6) is 0. The molecule has 0 N–H and O–H groups in total. The molecule has 8 aromatic carbocycles. The van der Waals surface area contributed by atoms with Crippen LogP contribution in [0.2, 0.25) is 0 Å². The quantitative estimate of drug-likeness (QED) is 0.152. The first-order valence-electron chi connectivity index (χ1n) is 15.3. The molecule has 0 aliphatic heterocycles. The zero-order chi connectivity index (χ0) is 29.9. The number of hydrogen-bond acceptors (Lipinski definition) is 1. The third-order valence-corrected chi connectivity index (χ3v) is 9.18. The molecule has 9 rings (SSSR count). The van der Waals surface area contributed by atoms with Crippen molar-refractivity contribution in [2.75, 3.05) is 0 Å². The molecular formula is C43H27NO. The van der Waals surface area contributed by atoms with Gasteiger partial charge < -0.3 is 0 Å². The molecule has 0 saturated carbocycles. The highest BCUT2D eigenvalue weighted by molar-refractivity contribution is 6.16. The van der Waals surface area contributed by atoms with Gasteiger partial charge in [0.25, 0.3) is 5.56 Å². The van der Waals surface area contributed by atoms with Crippen molar-refractivity contribution in [2.24, 2.45) is 0 Å². The molecular weight excluding hydrogens is 546 g/mol. The maximum atomic E-state index is 14.4. The lowest BCUT2D eigenvalue weighted by atomic mass is 9.92. The van der Waals surface area contributed by atoms with Crippen LogP contribution in [0.25, 0.3) is 81.9 Å². The number of nitrogens with zero attached hydrogens (tertiary/aromatic N) is 1. The summed E-state index contributed by atoms with van der Waals surface area (Å²) >= 11 is 0. The van der Waals surface area contributed by atoms with Crippen LogP contribution in [0.15, 0.2) is 169 Å². The highest BCUT2D eigenvalue weighted by atomic mass is 16.1. The highest BCUT2D eigenvalue weighted by Gasteiger charge is 2.15. The van der Waals surface area contributed by atoms with E-state index >= 15 is 0 Å². The second kappa shape index (κ2) is 10.0. The zero-order valence-electron chi connectivity index (χ0n) is 24.4. The molecule has 0 aliphatic carbocycles. The molecule has 0 spiro atoms. The molecule has 0 bridgehead atoms. The predicted octanol–water partition coefficient (Wildman–Crippen LogP) is 10.9. The van der Waals surface area contributed by atoms with E-state index in [1.165, 1.54) is 32.3 Å². The van der Waals surface area contributed by atoms with Gasteiger partial charge in [0.05, 0.1) is 5.52 Å². The van der Waals surface area contributed by atoms with Crippen LogP contribution in [0.1, 0.15) is 0 Å². The van der Waals surface area contributed by atoms with E-state index in [2.05, 4.69) is 115 Å². The third kappa shape index (κ3) is 4.07. The Labute approximate surface area is 260 Å². The van der Waals surface area contributed by atoms with Gasteiger partial charge in [0.2, 0.25) is 0 Å². The number of fused-ring (bicyclic) bond motifs is 7. The maximum Gasteiger partial charge on any atom is 0.263 e. The summed E-state index contributed by atoms with van der Waals surface area (Å²) < 4.78 is 1.86. The van der Waals surface area contributed by atoms with E-state index in [1.54, 1.807) is 0 Å². The van der Waals surface area contributed by atoms with Gasteiger partial charge in [-0.05, 0) is 96.4 Å². The fraction of sp³-hybridized carbons (Fsp3) is 0. The first kappa shape index (κ1) is 25.5. The number of para-hydroxylation sites is 1. The first-order valence-corrected chi connectivity index (χ1v) is 15.3. The minimum absolute atomic E-state index is 0.0184. The monoisotopic (exact) mass is 573 g/mol. The van der Waals surface area contributed by atoms with Gasteiger partial charge in [0.1, 0.15) is 0 Å². The summed E-state index contributed by atoms with van der Waals surface area (Å²) in [6.07, 6.45) is 0. The van der Waals surface area contributed by atoms with E-state index < -0.39 is 0 Å². The number of hydrogen-bond donors (Lipinski definition) is 0. The van der Waals surface area contributed by atoms with Crippen LogP contribution in [0.3, 0.4) is 0 Å². The SMILES string of the molecule is O=c1c2cc(-c3cccc4c3ccc3cc5ccccc5cc34)ccc2c2ccccc2n1-c1ccc(-c2ccccc2)cc1. The van der Waals surface area contributed by atoms with Crippen LogP contribution >= 0.6 is 0 Å². The molecule has 1 heterocycles. The standard InChI is InChI=1S/C43H27NO/c45-43-41-27-33(35-14-8-15-36-37(35)23-19-32-25-30-11-4-5-12-31(30)26-40(32)36)20-24-38(41)39-13-6-7-16-42(39)44(43)34-21-17-29(18-22-34)28-9-2-1-3-10-28/h1-27H. The second-order valence-corrected chi connectivity index (χ2v) is 11.7. The van der Waals surface area contributed by atoms with Crippen molar-refractivity contribution in [2.45, 2.75) is 0 Å². The molecule has 1 aromatic heterocycles. The topological polar surface area (TPSA) is 22.0 Å². The third-order valence-electron chi connectivity index (χ3n) is 9.18. The average molecular weight is 574 g/mol. The van der Waals surface area contributed by atoms with Crippen molar-refractivity contribution < 1.29 is 0 Å². The Morgan fingerprint density at radius 3 is 1.84 bits per heavy atom. The van der Waals surface area contributed by atoms with Crippen molar-refractivity contribution in [3.05, 3.63) is 174 Å². The number of benzene rings is 8. The van der Waals surface area contributed by atoms with E-state index in [1.807, 2.05) is 53.1 Å². The molecule has 0 saturated heterocycles. The van der Waals surface area contributed by atoms with E-state index in [-0.39, 0.29) is 5.56 Å². The van der Waals surface area contributed by atoms with E-state index in [9.17, 15) is 4.79 Å². The molecule has 0 atom stereocenters. The lowest BCUT2D eigenvalue weighted by Gasteiger charge is -2.15.